The van der Waals surface area contributed by atoms with Crippen molar-refractivity contribution in [2.75, 3.05) is 0 Å². The lowest BCUT2D eigenvalue weighted by Gasteiger charge is -2.12. The SMILES string of the molecule is [CH2-][NH2+]Cc1ccccc1OC(F)(F)F. The van der Waals surface area contributed by atoms with Crippen molar-refractivity contribution in [1.82, 2.24) is 0 Å². The molecule has 0 radical (unpaired) electrons. The van der Waals surface area contributed by atoms with Crippen LogP contribution in [0.3, 0.4) is 0 Å². The van der Waals surface area contributed by atoms with Crippen LogP contribution in [0.4, 0.5) is 13.2 Å². The number of quaternary nitrogens is 1. The molecule has 0 spiro atoms. The zero-order chi connectivity index (χ0) is 10.6. The molecule has 0 unspecified atom stereocenters. The monoisotopic (exact) mass is 205 g/mol. The number of hydrogen-bond acceptors (Lipinski definition) is 1. The highest BCUT2D eigenvalue weighted by Gasteiger charge is 2.31. The third-order valence-electron chi connectivity index (χ3n) is 1.56. The van der Waals surface area contributed by atoms with Gasteiger partial charge in [-0.1, -0.05) is 12.1 Å². The van der Waals surface area contributed by atoms with Crippen molar-refractivity contribution in [3.05, 3.63) is 36.9 Å². The highest BCUT2D eigenvalue weighted by atomic mass is 19.4. The summed E-state index contributed by atoms with van der Waals surface area (Å²) < 4.78 is 39.6. The molecule has 2 nitrogen and oxygen atoms in total. The van der Waals surface area contributed by atoms with Crippen molar-refractivity contribution in [3.63, 3.8) is 0 Å². The first-order valence-electron chi connectivity index (χ1n) is 3.97. The van der Waals surface area contributed by atoms with Gasteiger partial charge in [0.25, 0.3) is 0 Å². The van der Waals surface area contributed by atoms with Crippen LogP contribution in [0.25, 0.3) is 0 Å². The molecule has 2 N–H and O–H groups in total. The summed E-state index contributed by atoms with van der Waals surface area (Å²) in [5.74, 6) is -0.167. The van der Waals surface area contributed by atoms with Gasteiger partial charge in [0.15, 0.2) is 0 Å². The van der Waals surface area contributed by atoms with Crippen LogP contribution in [0.1, 0.15) is 5.56 Å². The zero-order valence-corrected chi connectivity index (χ0v) is 7.34. The first kappa shape index (κ1) is 10.8. The Kier molecular flexibility index (Phi) is 3.35. The van der Waals surface area contributed by atoms with Gasteiger partial charge in [0.05, 0.1) is 6.54 Å². The molecule has 78 valence electrons. The first-order chi connectivity index (χ1) is 6.53. The second-order valence-electron chi connectivity index (χ2n) is 2.65. The second-order valence-corrected chi connectivity index (χ2v) is 2.65. The van der Waals surface area contributed by atoms with Crippen LogP contribution in [-0.4, -0.2) is 6.36 Å². The molecule has 14 heavy (non-hydrogen) atoms. The van der Waals surface area contributed by atoms with Gasteiger partial charge in [-0.15, -0.1) is 13.2 Å². The molecule has 0 aliphatic carbocycles. The Labute approximate surface area is 79.7 Å². The second kappa shape index (κ2) is 4.32. The van der Waals surface area contributed by atoms with Gasteiger partial charge >= 0.3 is 6.36 Å². The Morgan fingerprint density at radius 3 is 2.50 bits per heavy atom. The molecule has 0 bridgehead atoms. The van der Waals surface area contributed by atoms with Gasteiger partial charge in [0.1, 0.15) is 5.75 Å². The molecule has 1 aromatic carbocycles. The van der Waals surface area contributed by atoms with Crippen LogP contribution in [0, 0.1) is 7.05 Å². The van der Waals surface area contributed by atoms with Crippen molar-refractivity contribution in [2.45, 2.75) is 12.9 Å². The number of para-hydroxylation sites is 1. The van der Waals surface area contributed by atoms with Gasteiger partial charge in [-0.25, -0.2) is 0 Å². The van der Waals surface area contributed by atoms with E-state index in [1.807, 2.05) is 0 Å². The third-order valence-corrected chi connectivity index (χ3v) is 1.56. The lowest BCUT2D eigenvalue weighted by molar-refractivity contribution is -0.612. The lowest BCUT2D eigenvalue weighted by Crippen LogP contribution is -2.74. The summed E-state index contributed by atoms with van der Waals surface area (Å²) in [6.07, 6.45) is -4.64. The molecule has 0 aromatic heterocycles. The van der Waals surface area contributed by atoms with Gasteiger partial charge in [-0.2, -0.15) is 7.05 Å². The maximum Gasteiger partial charge on any atom is 0.573 e. The molecule has 1 aromatic rings. The van der Waals surface area contributed by atoms with Crippen molar-refractivity contribution < 1.29 is 23.2 Å². The lowest BCUT2D eigenvalue weighted by atomic mass is 10.2. The smallest absolute Gasteiger partial charge is 0.475 e. The van der Waals surface area contributed by atoms with Crippen molar-refractivity contribution in [3.8, 4) is 5.75 Å². The van der Waals surface area contributed by atoms with Crippen LogP contribution >= 0.6 is 0 Å². The minimum absolute atomic E-state index is 0.167. The van der Waals surface area contributed by atoms with E-state index in [0.717, 1.165) is 0 Å². The highest BCUT2D eigenvalue weighted by molar-refractivity contribution is 5.32. The number of benzene rings is 1. The quantitative estimate of drug-likeness (QED) is 0.742. The number of hydrogen-bond donors (Lipinski definition) is 1. The molecule has 0 aliphatic heterocycles. The number of halogens is 3. The Hall–Kier alpha value is -1.23. The number of alkyl halides is 3. The van der Waals surface area contributed by atoms with Crippen LogP contribution in [-0.2, 0) is 6.54 Å². The Morgan fingerprint density at radius 2 is 1.93 bits per heavy atom. The first-order valence-corrected chi connectivity index (χ1v) is 3.97. The zero-order valence-electron chi connectivity index (χ0n) is 7.34. The normalized spacial score (nSPS) is 11.4. The molecule has 0 saturated carbocycles. The Bertz CT molecular complexity index is 298. The van der Waals surface area contributed by atoms with E-state index in [-0.39, 0.29) is 5.75 Å². The van der Waals surface area contributed by atoms with E-state index < -0.39 is 6.36 Å². The van der Waals surface area contributed by atoms with Crippen LogP contribution in [0.5, 0.6) is 5.75 Å². The van der Waals surface area contributed by atoms with E-state index in [4.69, 9.17) is 0 Å². The van der Waals surface area contributed by atoms with E-state index in [2.05, 4.69) is 11.8 Å². The van der Waals surface area contributed by atoms with Gasteiger partial charge in [-0.05, 0) is 12.1 Å². The Morgan fingerprint density at radius 1 is 1.29 bits per heavy atom. The van der Waals surface area contributed by atoms with Gasteiger partial charge in [0.2, 0.25) is 0 Å². The van der Waals surface area contributed by atoms with Crippen molar-refractivity contribution >= 4 is 0 Å². The summed E-state index contributed by atoms with van der Waals surface area (Å²) in [4.78, 5) is 0. The fourth-order valence-corrected chi connectivity index (χ4v) is 1.05. The van der Waals surface area contributed by atoms with Gasteiger partial charge < -0.3 is 10.1 Å². The van der Waals surface area contributed by atoms with Crippen LogP contribution in [0.15, 0.2) is 24.3 Å². The topological polar surface area (TPSA) is 25.8 Å². The standard InChI is InChI=1S/C9H10F3NO/c1-13-6-7-4-2-3-5-8(7)14-9(10,11)12/h2-5H,1,6,13H2. The van der Waals surface area contributed by atoms with E-state index in [0.29, 0.717) is 12.1 Å². The average Bonchev–Trinajstić information content (AvgIpc) is 2.06. The van der Waals surface area contributed by atoms with E-state index in [1.54, 1.807) is 12.1 Å². The fourth-order valence-electron chi connectivity index (χ4n) is 1.05. The molecular weight excluding hydrogens is 195 g/mol. The van der Waals surface area contributed by atoms with Crippen molar-refractivity contribution in [2.24, 2.45) is 0 Å². The third kappa shape index (κ3) is 3.26. The predicted molar refractivity (Wildman–Crippen MR) is 44.1 cm³/mol. The Balaban J connectivity index is 2.84. The van der Waals surface area contributed by atoms with Crippen LogP contribution in [0.2, 0.25) is 0 Å². The molecule has 0 atom stereocenters. The summed E-state index contributed by atoms with van der Waals surface area (Å²) >= 11 is 0. The molecule has 5 heteroatoms. The summed E-state index contributed by atoms with van der Waals surface area (Å²) in [7, 11) is 3.46. The van der Waals surface area contributed by atoms with E-state index >= 15 is 0 Å². The fraction of sp³-hybridized carbons (Fsp3) is 0.222. The van der Waals surface area contributed by atoms with Crippen LogP contribution < -0.4 is 10.1 Å². The average molecular weight is 205 g/mol. The summed E-state index contributed by atoms with van der Waals surface area (Å²) in [5.41, 5.74) is 0.472. The van der Waals surface area contributed by atoms with E-state index in [9.17, 15) is 13.2 Å². The number of nitrogens with two attached hydrogens (primary N) is 1. The van der Waals surface area contributed by atoms with Gasteiger partial charge in [-0.3, -0.25) is 0 Å². The highest BCUT2D eigenvalue weighted by Crippen LogP contribution is 2.25. The molecule has 0 fully saturated rings. The maximum absolute atomic E-state index is 11.9. The summed E-state index contributed by atoms with van der Waals surface area (Å²) in [6, 6.07) is 6.00. The number of ether oxygens (including phenoxy) is 1. The largest absolute Gasteiger partial charge is 0.573 e. The predicted octanol–water partition coefficient (Wildman–Crippen LogP) is 1.44. The number of rotatable bonds is 3. The van der Waals surface area contributed by atoms with Crippen molar-refractivity contribution in [1.29, 1.82) is 0 Å². The molecule has 0 aliphatic rings. The molecule has 0 saturated heterocycles. The van der Waals surface area contributed by atoms with E-state index in [1.165, 1.54) is 17.4 Å². The molecular formula is C9H10F3NO. The summed E-state index contributed by atoms with van der Waals surface area (Å²) in [5, 5.41) is 1.53. The molecule has 0 heterocycles. The minimum Gasteiger partial charge on any atom is -0.475 e. The minimum atomic E-state index is -4.64. The molecule has 1 rings (SSSR count). The maximum atomic E-state index is 11.9. The van der Waals surface area contributed by atoms with Gasteiger partial charge in [0, 0.05) is 5.56 Å². The molecule has 0 amide bonds. The summed E-state index contributed by atoms with van der Waals surface area (Å²) in [6.45, 7) is 0.353.